The van der Waals surface area contributed by atoms with E-state index in [1.165, 1.54) is 61.2 Å². The molecule has 0 aliphatic rings. The van der Waals surface area contributed by atoms with E-state index in [1.54, 1.807) is 0 Å². The van der Waals surface area contributed by atoms with Crippen LogP contribution in [0.25, 0.3) is 44.5 Å². The zero-order valence-corrected chi connectivity index (χ0v) is 32.0. The SMILES string of the molecule is Cc1ccccc1.Cc1ccccc1-c1c(C)cccc1N(c1ccc(-c2ccccc2)cc1)c1ccc(-c2cccc(-c3ccc(Br)cc3)c2)cc1. The van der Waals surface area contributed by atoms with Gasteiger partial charge in [-0.15, -0.1) is 0 Å². The molecule has 0 N–H and O–H groups in total. The molecule has 258 valence electrons. The van der Waals surface area contributed by atoms with Gasteiger partial charge in [-0.1, -0.05) is 173 Å². The minimum atomic E-state index is 1.08. The van der Waals surface area contributed by atoms with Crippen LogP contribution in [0.15, 0.2) is 205 Å². The van der Waals surface area contributed by atoms with Crippen molar-refractivity contribution in [3.63, 3.8) is 0 Å². The van der Waals surface area contributed by atoms with Gasteiger partial charge in [0.1, 0.15) is 0 Å². The van der Waals surface area contributed by atoms with Crippen molar-refractivity contribution in [2.24, 2.45) is 0 Å². The second kappa shape index (κ2) is 16.6. The van der Waals surface area contributed by atoms with E-state index in [9.17, 15) is 0 Å². The van der Waals surface area contributed by atoms with Gasteiger partial charge in [-0.3, -0.25) is 0 Å². The van der Waals surface area contributed by atoms with E-state index in [2.05, 4.69) is 224 Å². The summed E-state index contributed by atoms with van der Waals surface area (Å²) in [4.78, 5) is 2.39. The molecule has 0 saturated carbocycles. The molecule has 2 heteroatoms. The second-order valence-corrected chi connectivity index (χ2v) is 14.2. The Morgan fingerprint density at radius 3 is 1.34 bits per heavy atom. The quantitative estimate of drug-likeness (QED) is 0.157. The summed E-state index contributed by atoms with van der Waals surface area (Å²) < 4.78 is 1.08. The summed E-state index contributed by atoms with van der Waals surface area (Å²) in [6.45, 7) is 6.49. The predicted octanol–water partition coefficient (Wildman–Crippen LogP) is 15.2. The van der Waals surface area contributed by atoms with Crippen LogP contribution in [0, 0.1) is 20.8 Å². The number of rotatable bonds is 7. The van der Waals surface area contributed by atoms with E-state index in [0.717, 1.165) is 21.5 Å². The minimum absolute atomic E-state index is 1.08. The van der Waals surface area contributed by atoms with Gasteiger partial charge in [-0.25, -0.2) is 0 Å². The Bertz CT molecular complexity index is 2400. The van der Waals surface area contributed by atoms with Crippen LogP contribution in [0.2, 0.25) is 0 Å². The third-order valence-corrected chi connectivity index (χ3v) is 10.1. The highest BCUT2D eigenvalue weighted by Crippen LogP contribution is 2.44. The van der Waals surface area contributed by atoms with Crippen LogP contribution in [-0.4, -0.2) is 0 Å². The maximum atomic E-state index is 3.56. The Labute approximate surface area is 323 Å². The lowest BCUT2D eigenvalue weighted by Crippen LogP contribution is -2.12. The molecule has 8 rings (SSSR count). The molecule has 0 bridgehead atoms. The Kier molecular flexibility index (Phi) is 11.1. The molecule has 8 aromatic rings. The van der Waals surface area contributed by atoms with Crippen molar-refractivity contribution < 1.29 is 0 Å². The van der Waals surface area contributed by atoms with Crippen molar-refractivity contribution in [3.05, 3.63) is 221 Å². The van der Waals surface area contributed by atoms with Gasteiger partial charge in [-0.05, 0) is 119 Å². The number of nitrogens with zero attached hydrogens (tertiary/aromatic N) is 1. The summed E-state index contributed by atoms with van der Waals surface area (Å²) in [5.41, 5.74) is 16.9. The van der Waals surface area contributed by atoms with E-state index in [4.69, 9.17) is 0 Å². The summed E-state index contributed by atoms with van der Waals surface area (Å²) in [6.07, 6.45) is 0. The van der Waals surface area contributed by atoms with Crippen molar-refractivity contribution in [1.82, 2.24) is 0 Å². The first-order valence-electron chi connectivity index (χ1n) is 18.0. The van der Waals surface area contributed by atoms with Crippen LogP contribution < -0.4 is 4.90 Å². The molecule has 0 heterocycles. The smallest absolute Gasteiger partial charge is 0.0542 e. The minimum Gasteiger partial charge on any atom is -0.310 e. The maximum Gasteiger partial charge on any atom is 0.0542 e. The average molecular weight is 749 g/mol. The molecule has 0 atom stereocenters. The summed E-state index contributed by atoms with van der Waals surface area (Å²) in [5.74, 6) is 0. The van der Waals surface area contributed by atoms with Gasteiger partial charge in [-0.2, -0.15) is 0 Å². The molecule has 0 fully saturated rings. The highest BCUT2D eigenvalue weighted by molar-refractivity contribution is 9.10. The molecule has 53 heavy (non-hydrogen) atoms. The maximum absolute atomic E-state index is 3.56. The fourth-order valence-electron chi connectivity index (χ4n) is 6.76. The lowest BCUT2D eigenvalue weighted by molar-refractivity contribution is 1.27. The average Bonchev–Trinajstić information content (AvgIpc) is 3.20. The second-order valence-electron chi connectivity index (χ2n) is 13.3. The van der Waals surface area contributed by atoms with Crippen molar-refractivity contribution in [2.45, 2.75) is 20.8 Å². The van der Waals surface area contributed by atoms with E-state index < -0.39 is 0 Å². The molecular weight excluding hydrogens is 706 g/mol. The lowest BCUT2D eigenvalue weighted by atomic mass is 9.93. The van der Waals surface area contributed by atoms with Crippen molar-refractivity contribution in [3.8, 4) is 44.5 Å². The zero-order chi connectivity index (χ0) is 36.6. The van der Waals surface area contributed by atoms with Crippen molar-refractivity contribution >= 4 is 33.0 Å². The first kappa shape index (κ1) is 35.4. The highest BCUT2D eigenvalue weighted by atomic mass is 79.9. The number of benzene rings is 8. The van der Waals surface area contributed by atoms with Gasteiger partial charge in [0.15, 0.2) is 0 Å². The third kappa shape index (κ3) is 8.41. The van der Waals surface area contributed by atoms with E-state index in [-0.39, 0.29) is 0 Å². The summed E-state index contributed by atoms with van der Waals surface area (Å²) in [6, 6.07) is 71.3. The molecular formula is C51H42BrN. The number of hydrogen-bond donors (Lipinski definition) is 0. The predicted molar refractivity (Wildman–Crippen MR) is 231 cm³/mol. The van der Waals surface area contributed by atoms with Crippen LogP contribution in [0.5, 0.6) is 0 Å². The highest BCUT2D eigenvalue weighted by Gasteiger charge is 2.20. The molecule has 8 aromatic carbocycles. The Balaban J connectivity index is 0.000000559. The molecule has 1 nitrogen and oxygen atoms in total. The lowest BCUT2D eigenvalue weighted by Gasteiger charge is -2.29. The first-order valence-corrected chi connectivity index (χ1v) is 18.8. The number of halogens is 1. The fourth-order valence-corrected chi connectivity index (χ4v) is 7.03. The molecule has 0 aliphatic heterocycles. The topological polar surface area (TPSA) is 3.24 Å². The van der Waals surface area contributed by atoms with Crippen LogP contribution in [0.1, 0.15) is 16.7 Å². The van der Waals surface area contributed by atoms with Crippen molar-refractivity contribution in [2.75, 3.05) is 4.90 Å². The van der Waals surface area contributed by atoms with Gasteiger partial charge in [0, 0.05) is 21.4 Å². The standard InChI is InChI=1S/C44H34BrN.C7H8/c1-31-10-6-7-16-42(31)44-32(2)11-8-17-43(44)46(40-26-20-34(21-27-40)33-12-4-3-5-13-33)41-28-22-36(23-29-41)38-15-9-14-37(30-38)35-18-24-39(45)25-19-35;1-7-5-3-2-4-6-7/h3-30H,1-2H3;2-6H,1H3. The van der Waals surface area contributed by atoms with Crippen LogP contribution in [0.3, 0.4) is 0 Å². The van der Waals surface area contributed by atoms with Crippen molar-refractivity contribution in [1.29, 1.82) is 0 Å². The Morgan fingerprint density at radius 1 is 0.358 bits per heavy atom. The van der Waals surface area contributed by atoms with Gasteiger partial charge in [0.05, 0.1) is 5.69 Å². The van der Waals surface area contributed by atoms with Gasteiger partial charge in [0.25, 0.3) is 0 Å². The van der Waals surface area contributed by atoms with E-state index in [1.807, 2.05) is 18.2 Å². The molecule has 0 aromatic heterocycles. The monoisotopic (exact) mass is 747 g/mol. The van der Waals surface area contributed by atoms with E-state index >= 15 is 0 Å². The molecule has 0 saturated heterocycles. The van der Waals surface area contributed by atoms with Crippen LogP contribution in [-0.2, 0) is 0 Å². The Hall–Kier alpha value is -5.96. The first-order chi connectivity index (χ1) is 25.9. The third-order valence-electron chi connectivity index (χ3n) is 9.58. The number of anilines is 3. The van der Waals surface area contributed by atoms with Gasteiger partial charge < -0.3 is 4.90 Å². The van der Waals surface area contributed by atoms with Crippen LogP contribution >= 0.6 is 15.9 Å². The fraction of sp³-hybridized carbons (Fsp3) is 0.0588. The Morgan fingerprint density at radius 2 is 0.792 bits per heavy atom. The largest absolute Gasteiger partial charge is 0.310 e. The molecule has 0 radical (unpaired) electrons. The number of aryl methyl sites for hydroxylation is 3. The number of hydrogen-bond acceptors (Lipinski definition) is 1. The van der Waals surface area contributed by atoms with Gasteiger partial charge >= 0.3 is 0 Å². The zero-order valence-electron chi connectivity index (χ0n) is 30.4. The summed E-state index contributed by atoms with van der Waals surface area (Å²) in [5, 5.41) is 0. The summed E-state index contributed by atoms with van der Waals surface area (Å²) in [7, 11) is 0. The van der Waals surface area contributed by atoms with Crippen LogP contribution in [0.4, 0.5) is 17.1 Å². The molecule has 0 spiro atoms. The van der Waals surface area contributed by atoms with E-state index in [0.29, 0.717) is 0 Å². The van der Waals surface area contributed by atoms with Gasteiger partial charge in [0.2, 0.25) is 0 Å². The normalized spacial score (nSPS) is 10.6. The molecule has 0 amide bonds. The molecule has 0 aliphatic carbocycles. The molecule has 0 unspecified atom stereocenters. The summed E-state index contributed by atoms with van der Waals surface area (Å²) >= 11 is 3.56.